The zero-order chi connectivity index (χ0) is 25.5. The summed E-state index contributed by atoms with van der Waals surface area (Å²) in [4.78, 5) is 31.4. The highest BCUT2D eigenvalue weighted by Crippen LogP contribution is 2.44. The first-order valence-corrected chi connectivity index (χ1v) is 10.8. The highest BCUT2D eigenvalue weighted by Gasteiger charge is 2.41. The first-order chi connectivity index (χ1) is 16.5. The molecule has 2 atom stereocenters. The van der Waals surface area contributed by atoms with Gasteiger partial charge in [0.05, 0.1) is 17.2 Å². The van der Waals surface area contributed by atoms with E-state index < -0.39 is 52.8 Å². The molecule has 0 radical (unpaired) electrons. The Morgan fingerprint density at radius 3 is 2.54 bits per heavy atom. The van der Waals surface area contributed by atoms with Crippen LogP contribution < -0.4 is 5.73 Å². The number of phenols is 1. The molecule has 6 nitrogen and oxygen atoms in total. The van der Waals surface area contributed by atoms with Crippen LogP contribution in [0.25, 0.3) is 0 Å². The van der Waals surface area contributed by atoms with Gasteiger partial charge in [0, 0.05) is 23.0 Å². The number of benzene rings is 2. The second-order valence-corrected chi connectivity index (χ2v) is 8.48. The highest BCUT2D eigenvalue weighted by molar-refractivity contribution is 6.30. The van der Waals surface area contributed by atoms with Gasteiger partial charge in [0.25, 0.3) is 5.91 Å². The average molecular weight is 508 g/mol. The van der Waals surface area contributed by atoms with Crippen LogP contribution in [0.4, 0.5) is 17.6 Å². The summed E-state index contributed by atoms with van der Waals surface area (Å²) < 4.78 is 53.8. The number of phenolic OH excluding ortho intramolecular Hbond substituents is 1. The summed E-state index contributed by atoms with van der Waals surface area (Å²) in [5.74, 6) is -3.44. The molecular formula is C24H18ClF4N3O3. The fourth-order valence-electron chi connectivity index (χ4n) is 4.38. The SMILES string of the molecule is NC(=O)C(c1cccnc1)N(C(=O)c1ccc(C(F)(F)F)cc1O)C1CCc2c(F)cc(Cl)cc21. The van der Waals surface area contributed by atoms with Crippen LogP contribution >= 0.6 is 11.6 Å². The maximum absolute atomic E-state index is 14.6. The number of aromatic nitrogens is 1. The largest absolute Gasteiger partial charge is 0.507 e. The lowest BCUT2D eigenvalue weighted by atomic mass is 9.98. The number of pyridine rings is 1. The Morgan fingerprint density at radius 2 is 1.94 bits per heavy atom. The van der Waals surface area contributed by atoms with Crippen LogP contribution in [0.3, 0.4) is 0 Å². The van der Waals surface area contributed by atoms with E-state index in [0.717, 1.165) is 17.0 Å². The third-order valence-electron chi connectivity index (χ3n) is 5.90. The molecule has 35 heavy (non-hydrogen) atoms. The van der Waals surface area contributed by atoms with Gasteiger partial charge in [-0.3, -0.25) is 14.6 Å². The zero-order valence-electron chi connectivity index (χ0n) is 17.9. The van der Waals surface area contributed by atoms with Crippen LogP contribution in [0.2, 0.25) is 5.02 Å². The maximum atomic E-state index is 14.6. The van der Waals surface area contributed by atoms with Gasteiger partial charge in [-0.15, -0.1) is 0 Å². The molecule has 3 aromatic rings. The van der Waals surface area contributed by atoms with E-state index in [0.29, 0.717) is 23.3 Å². The molecule has 182 valence electrons. The first-order valence-electron chi connectivity index (χ1n) is 10.4. The lowest BCUT2D eigenvalue weighted by Crippen LogP contribution is -2.43. The Balaban J connectivity index is 1.88. The molecule has 1 heterocycles. The third-order valence-corrected chi connectivity index (χ3v) is 6.11. The van der Waals surface area contributed by atoms with Crippen molar-refractivity contribution in [2.45, 2.75) is 31.1 Å². The van der Waals surface area contributed by atoms with Crippen molar-refractivity contribution < 1.29 is 32.3 Å². The zero-order valence-corrected chi connectivity index (χ0v) is 18.6. The molecule has 1 aromatic heterocycles. The molecule has 0 saturated carbocycles. The summed E-state index contributed by atoms with van der Waals surface area (Å²) in [6, 6.07) is 5.17. The van der Waals surface area contributed by atoms with Crippen LogP contribution in [0, 0.1) is 5.82 Å². The topological polar surface area (TPSA) is 96.5 Å². The highest BCUT2D eigenvalue weighted by atomic mass is 35.5. The van der Waals surface area contributed by atoms with Gasteiger partial charge in [0.2, 0.25) is 5.91 Å². The molecule has 11 heteroatoms. The van der Waals surface area contributed by atoms with E-state index >= 15 is 0 Å². The summed E-state index contributed by atoms with van der Waals surface area (Å²) >= 11 is 6.05. The van der Waals surface area contributed by atoms with Crippen LogP contribution in [0.5, 0.6) is 5.75 Å². The van der Waals surface area contributed by atoms with Gasteiger partial charge in [-0.25, -0.2) is 4.39 Å². The normalized spacial score (nSPS) is 16.0. The Bertz CT molecular complexity index is 1300. The Labute approximate surface area is 201 Å². The van der Waals surface area contributed by atoms with Crippen molar-refractivity contribution in [3.63, 3.8) is 0 Å². The van der Waals surface area contributed by atoms with E-state index in [9.17, 15) is 32.3 Å². The number of primary amides is 1. The van der Waals surface area contributed by atoms with Gasteiger partial charge in [-0.05, 0) is 60.4 Å². The van der Waals surface area contributed by atoms with Crippen molar-refractivity contribution in [2.75, 3.05) is 0 Å². The molecule has 0 saturated heterocycles. The van der Waals surface area contributed by atoms with Crippen molar-refractivity contribution in [1.82, 2.24) is 9.88 Å². The Kier molecular flexibility index (Phi) is 6.42. The van der Waals surface area contributed by atoms with E-state index in [4.69, 9.17) is 17.3 Å². The van der Waals surface area contributed by atoms with Gasteiger partial charge >= 0.3 is 6.18 Å². The van der Waals surface area contributed by atoms with Gasteiger partial charge in [0.1, 0.15) is 17.6 Å². The number of carbonyl (C=O) groups excluding carboxylic acids is 2. The standard InChI is InChI=1S/C24H18ClF4N3O3/c25-14-9-17-15(18(26)10-14)5-6-19(17)32(21(22(30)34)12-2-1-7-31-11-12)23(35)16-4-3-13(8-20(16)33)24(27,28)29/h1-4,7-11,19,21,33H,5-6H2,(H2,30,34). The van der Waals surface area contributed by atoms with Crippen molar-refractivity contribution in [2.24, 2.45) is 5.73 Å². The van der Waals surface area contributed by atoms with Crippen LogP contribution in [0.15, 0.2) is 54.9 Å². The minimum Gasteiger partial charge on any atom is -0.507 e. The quantitative estimate of drug-likeness (QED) is 0.477. The maximum Gasteiger partial charge on any atom is 0.416 e. The average Bonchev–Trinajstić information content (AvgIpc) is 3.20. The monoisotopic (exact) mass is 507 g/mol. The molecule has 0 bridgehead atoms. The lowest BCUT2D eigenvalue weighted by molar-refractivity contribution is -0.137. The smallest absolute Gasteiger partial charge is 0.416 e. The fraction of sp³-hybridized carbons (Fsp3) is 0.208. The van der Waals surface area contributed by atoms with E-state index in [2.05, 4.69) is 4.98 Å². The molecule has 0 spiro atoms. The Hall–Kier alpha value is -3.66. The molecule has 2 aromatic carbocycles. The van der Waals surface area contributed by atoms with E-state index in [1.54, 1.807) is 0 Å². The van der Waals surface area contributed by atoms with Gasteiger partial charge in [-0.2, -0.15) is 13.2 Å². The molecule has 1 aliphatic carbocycles. The van der Waals surface area contributed by atoms with Crippen molar-refractivity contribution >= 4 is 23.4 Å². The summed E-state index contributed by atoms with van der Waals surface area (Å²) in [5, 5.41) is 10.4. The first kappa shape index (κ1) is 24.5. The van der Waals surface area contributed by atoms with Crippen LogP contribution in [-0.4, -0.2) is 26.8 Å². The number of rotatable bonds is 5. The van der Waals surface area contributed by atoms with Gasteiger partial charge in [-0.1, -0.05) is 17.7 Å². The molecule has 2 amide bonds. The number of fused-ring (bicyclic) bond motifs is 1. The van der Waals surface area contributed by atoms with E-state index in [1.807, 2.05) is 0 Å². The summed E-state index contributed by atoms with van der Waals surface area (Å²) in [6.07, 6.45) is -1.59. The van der Waals surface area contributed by atoms with Crippen molar-refractivity contribution in [1.29, 1.82) is 0 Å². The lowest BCUT2D eigenvalue weighted by Gasteiger charge is -2.36. The predicted molar refractivity (Wildman–Crippen MR) is 118 cm³/mol. The second kappa shape index (κ2) is 9.18. The molecule has 0 aliphatic heterocycles. The van der Waals surface area contributed by atoms with Crippen LogP contribution in [0.1, 0.15) is 51.1 Å². The molecule has 3 N–H and O–H groups in total. The minimum absolute atomic E-state index is 0.0647. The second-order valence-electron chi connectivity index (χ2n) is 8.04. The number of amides is 2. The number of halogens is 5. The third kappa shape index (κ3) is 4.66. The fourth-order valence-corrected chi connectivity index (χ4v) is 4.59. The number of hydrogen-bond acceptors (Lipinski definition) is 4. The van der Waals surface area contributed by atoms with Gasteiger partial charge in [0.15, 0.2) is 0 Å². The summed E-state index contributed by atoms with van der Waals surface area (Å²) in [6.45, 7) is 0. The summed E-state index contributed by atoms with van der Waals surface area (Å²) in [5.41, 5.74) is 4.91. The van der Waals surface area contributed by atoms with Crippen molar-refractivity contribution in [3.8, 4) is 5.75 Å². The molecular weight excluding hydrogens is 490 g/mol. The van der Waals surface area contributed by atoms with E-state index in [1.165, 1.54) is 30.6 Å². The molecule has 4 rings (SSSR count). The molecule has 1 aliphatic rings. The van der Waals surface area contributed by atoms with Crippen LogP contribution in [-0.2, 0) is 17.4 Å². The number of nitrogens with two attached hydrogens (primary N) is 1. The Morgan fingerprint density at radius 1 is 1.20 bits per heavy atom. The number of alkyl halides is 3. The van der Waals surface area contributed by atoms with Gasteiger partial charge < -0.3 is 15.7 Å². The summed E-state index contributed by atoms with van der Waals surface area (Å²) in [7, 11) is 0. The van der Waals surface area contributed by atoms with Crippen molar-refractivity contribution in [3.05, 3.63) is 93.5 Å². The number of aromatic hydroxyl groups is 1. The number of hydrogen-bond donors (Lipinski definition) is 2. The molecule has 2 unspecified atom stereocenters. The number of nitrogens with zero attached hydrogens (tertiary/aromatic N) is 2. The van der Waals surface area contributed by atoms with E-state index in [-0.39, 0.29) is 23.4 Å². The predicted octanol–water partition coefficient (Wildman–Crippen LogP) is 4.95. The minimum atomic E-state index is -4.75. The number of carbonyl (C=O) groups is 2. The molecule has 0 fully saturated rings.